The summed E-state index contributed by atoms with van der Waals surface area (Å²) < 4.78 is 17.6. The summed E-state index contributed by atoms with van der Waals surface area (Å²) in [4.78, 5) is 39.3. The van der Waals surface area contributed by atoms with Crippen LogP contribution in [-0.4, -0.2) is 67.8 Å². The second-order valence-electron chi connectivity index (χ2n) is 6.49. The van der Waals surface area contributed by atoms with Gasteiger partial charge in [0, 0.05) is 23.4 Å². The first kappa shape index (κ1) is 21.9. The van der Waals surface area contributed by atoms with Crippen molar-refractivity contribution in [3.05, 3.63) is 23.8 Å². The lowest BCUT2D eigenvalue weighted by Crippen LogP contribution is -2.41. The van der Waals surface area contributed by atoms with Crippen LogP contribution in [0.5, 0.6) is 5.75 Å². The summed E-state index contributed by atoms with van der Waals surface area (Å²) >= 11 is 0. The minimum absolute atomic E-state index is 0.0127. The van der Waals surface area contributed by atoms with E-state index in [1.165, 1.54) is 25.3 Å². The van der Waals surface area contributed by atoms with Gasteiger partial charge in [-0.05, 0) is 19.1 Å². The number of carbonyl (C=O) groups is 3. The van der Waals surface area contributed by atoms with Gasteiger partial charge in [0.2, 0.25) is 5.91 Å². The van der Waals surface area contributed by atoms with E-state index >= 15 is 0 Å². The van der Waals surface area contributed by atoms with E-state index in [0.717, 1.165) is 0 Å². The number of hydrogen-bond donors (Lipinski definition) is 5. The number of amides is 2. The van der Waals surface area contributed by atoms with Crippen LogP contribution in [0.1, 0.15) is 23.7 Å². The number of alkyl halides is 1. The predicted molar refractivity (Wildman–Crippen MR) is 104 cm³/mol. The van der Waals surface area contributed by atoms with Crippen molar-refractivity contribution in [2.75, 3.05) is 32.1 Å². The molecule has 0 bridgehead atoms. The van der Waals surface area contributed by atoms with E-state index in [0.29, 0.717) is 11.6 Å². The third kappa shape index (κ3) is 7.28. The molecule has 5 N–H and O–H groups in total. The molecule has 1 aromatic rings. The van der Waals surface area contributed by atoms with Gasteiger partial charge in [0.1, 0.15) is 11.9 Å². The number of phenols is 1. The number of benzene rings is 1. The van der Waals surface area contributed by atoms with E-state index in [-0.39, 0.29) is 37.4 Å². The molecule has 1 aliphatic rings. The number of guanidine groups is 1. The monoisotopic (exact) mass is 409 g/mol. The van der Waals surface area contributed by atoms with E-state index in [1.807, 2.05) is 0 Å². The molecule has 1 aromatic carbocycles. The number of ether oxygens (including phenoxy) is 1. The zero-order valence-corrected chi connectivity index (χ0v) is 16.1. The van der Waals surface area contributed by atoms with Crippen LogP contribution in [-0.2, 0) is 14.3 Å². The molecule has 2 atom stereocenters. The molecule has 0 spiro atoms. The lowest BCUT2D eigenvalue weighted by atomic mass is 10.1. The first-order chi connectivity index (χ1) is 13.8. The van der Waals surface area contributed by atoms with E-state index < -0.39 is 30.0 Å². The van der Waals surface area contributed by atoms with Gasteiger partial charge in [-0.2, -0.15) is 0 Å². The molecule has 0 aromatic heterocycles. The van der Waals surface area contributed by atoms with Crippen molar-refractivity contribution in [3.8, 4) is 5.75 Å². The molecule has 11 heteroatoms. The Kier molecular flexibility index (Phi) is 7.75. The van der Waals surface area contributed by atoms with Gasteiger partial charge >= 0.3 is 5.97 Å². The number of anilines is 1. The maximum absolute atomic E-state index is 13.1. The van der Waals surface area contributed by atoms with Crippen LogP contribution in [0.25, 0.3) is 0 Å². The molecular formula is C18H24FN5O5. The highest BCUT2D eigenvalue weighted by Crippen LogP contribution is 2.20. The van der Waals surface area contributed by atoms with Crippen LogP contribution in [0.15, 0.2) is 23.2 Å². The van der Waals surface area contributed by atoms with Gasteiger partial charge in [-0.15, -0.1) is 0 Å². The molecule has 0 saturated carbocycles. The summed E-state index contributed by atoms with van der Waals surface area (Å²) in [5.41, 5.74) is 0.484. The highest BCUT2D eigenvalue weighted by molar-refractivity contribution is 6.00. The Labute approximate surface area is 166 Å². The van der Waals surface area contributed by atoms with E-state index in [9.17, 15) is 23.9 Å². The standard InChI is InChI=1S/C18H24FN5O5/c1-10(3-16(27)29-2)23-15(26)9-20-17(28)11-4-13(6-14(25)5-11)24-18-21-7-12(19)8-22-18/h4-6,10,12,25H,3,7-9H2,1-2H3,(H,20,28)(H,23,26)(H2,21,22,24)/t10-/m1/s1. The third-order valence-electron chi connectivity index (χ3n) is 3.90. The average Bonchev–Trinajstić information content (AvgIpc) is 2.67. The Bertz CT molecular complexity index is 801. The fourth-order valence-electron chi connectivity index (χ4n) is 2.53. The predicted octanol–water partition coefficient (Wildman–Crippen LogP) is -0.101. The molecule has 0 radical (unpaired) electrons. The topological polar surface area (TPSA) is 141 Å². The number of nitrogens with zero attached hydrogens (tertiary/aromatic N) is 1. The van der Waals surface area contributed by atoms with Crippen LogP contribution in [0, 0.1) is 0 Å². The van der Waals surface area contributed by atoms with Gasteiger partial charge in [0.25, 0.3) is 5.91 Å². The summed E-state index contributed by atoms with van der Waals surface area (Å²) in [6.07, 6.45) is -1.05. The van der Waals surface area contributed by atoms with Crippen LogP contribution < -0.4 is 21.3 Å². The van der Waals surface area contributed by atoms with Crippen molar-refractivity contribution >= 4 is 29.4 Å². The maximum atomic E-state index is 13.1. The van der Waals surface area contributed by atoms with Crippen molar-refractivity contribution in [3.63, 3.8) is 0 Å². The molecule has 158 valence electrons. The third-order valence-corrected chi connectivity index (χ3v) is 3.90. The van der Waals surface area contributed by atoms with Gasteiger partial charge < -0.3 is 31.1 Å². The summed E-state index contributed by atoms with van der Waals surface area (Å²) in [6, 6.07) is 3.63. The molecule has 1 heterocycles. The lowest BCUT2D eigenvalue weighted by Gasteiger charge is -2.19. The lowest BCUT2D eigenvalue weighted by molar-refractivity contribution is -0.141. The van der Waals surface area contributed by atoms with E-state index in [1.54, 1.807) is 6.92 Å². The molecule has 0 aliphatic carbocycles. The van der Waals surface area contributed by atoms with Crippen LogP contribution >= 0.6 is 0 Å². The fourth-order valence-corrected chi connectivity index (χ4v) is 2.53. The van der Waals surface area contributed by atoms with Gasteiger partial charge in [-0.1, -0.05) is 0 Å². The number of halogens is 1. The largest absolute Gasteiger partial charge is 0.508 e. The van der Waals surface area contributed by atoms with E-state index in [4.69, 9.17) is 0 Å². The fraction of sp³-hybridized carbons (Fsp3) is 0.444. The van der Waals surface area contributed by atoms with Crippen LogP contribution in [0.4, 0.5) is 10.1 Å². The Hall–Kier alpha value is -3.37. The van der Waals surface area contributed by atoms with Gasteiger partial charge in [0.15, 0.2) is 5.96 Å². The summed E-state index contributed by atoms with van der Waals surface area (Å²) in [5.74, 6) is -1.36. The maximum Gasteiger partial charge on any atom is 0.307 e. The first-order valence-electron chi connectivity index (χ1n) is 8.94. The van der Waals surface area contributed by atoms with Gasteiger partial charge in [-0.3, -0.25) is 14.4 Å². The zero-order valence-electron chi connectivity index (χ0n) is 16.1. The molecular weight excluding hydrogens is 385 g/mol. The average molecular weight is 409 g/mol. The van der Waals surface area contributed by atoms with Crippen molar-refractivity contribution < 1.29 is 28.6 Å². The summed E-state index contributed by atoms with van der Waals surface area (Å²) in [6.45, 7) is 1.46. The molecule has 29 heavy (non-hydrogen) atoms. The normalized spacial score (nSPS) is 16.7. The molecule has 2 amide bonds. The Morgan fingerprint density at radius 2 is 2.14 bits per heavy atom. The molecule has 0 fully saturated rings. The highest BCUT2D eigenvalue weighted by atomic mass is 19.1. The number of hydrogen-bond acceptors (Lipinski definition) is 8. The highest BCUT2D eigenvalue weighted by Gasteiger charge is 2.16. The number of aromatic hydroxyl groups is 1. The number of aliphatic imine (C=N–C) groups is 1. The molecule has 1 aliphatic heterocycles. The number of nitrogens with one attached hydrogen (secondary N) is 4. The Morgan fingerprint density at radius 1 is 1.38 bits per heavy atom. The van der Waals surface area contributed by atoms with Gasteiger partial charge in [0.05, 0.1) is 33.2 Å². The van der Waals surface area contributed by atoms with Crippen molar-refractivity contribution in [2.45, 2.75) is 25.6 Å². The second kappa shape index (κ2) is 10.2. The summed E-state index contributed by atoms with van der Waals surface area (Å²) in [5, 5.41) is 20.5. The Morgan fingerprint density at radius 3 is 2.79 bits per heavy atom. The summed E-state index contributed by atoms with van der Waals surface area (Å²) in [7, 11) is 1.25. The smallest absolute Gasteiger partial charge is 0.307 e. The first-order valence-corrected chi connectivity index (χ1v) is 8.94. The molecule has 10 nitrogen and oxygen atoms in total. The minimum atomic E-state index is -1.06. The van der Waals surface area contributed by atoms with Crippen molar-refractivity contribution in [1.29, 1.82) is 0 Å². The van der Waals surface area contributed by atoms with E-state index in [2.05, 4.69) is 31.0 Å². The van der Waals surface area contributed by atoms with Crippen molar-refractivity contribution in [2.24, 2.45) is 4.99 Å². The molecule has 0 saturated heterocycles. The quantitative estimate of drug-likeness (QED) is 0.396. The van der Waals surface area contributed by atoms with Crippen LogP contribution in [0.2, 0.25) is 0 Å². The molecule has 1 unspecified atom stereocenters. The molecule has 2 rings (SSSR count). The van der Waals surface area contributed by atoms with Crippen LogP contribution in [0.3, 0.4) is 0 Å². The SMILES string of the molecule is COC(=O)C[C@@H](C)NC(=O)CNC(=O)c1cc(O)cc(NC2=NCC(F)CN2)c1. The number of rotatable bonds is 7. The number of phenolic OH excluding ortho intramolecular Hbond substituents is 1. The number of methoxy groups -OCH3 is 1. The van der Waals surface area contributed by atoms with Gasteiger partial charge in [-0.25, -0.2) is 9.38 Å². The minimum Gasteiger partial charge on any atom is -0.508 e. The second-order valence-corrected chi connectivity index (χ2v) is 6.49. The number of esters is 1. The Balaban J connectivity index is 1.91. The van der Waals surface area contributed by atoms with Crippen molar-refractivity contribution in [1.82, 2.24) is 16.0 Å². The number of carbonyl (C=O) groups excluding carboxylic acids is 3. The zero-order chi connectivity index (χ0) is 21.4.